The lowest BCUT2D eigenvalue weighted by Gasteiger charge is -2.13. The van der Waals surface area contributed by atoms with Gasteiger partial charge < -0.3 is 4.74 Å². The number of benzene rings is 2. The zero-order valence-corrected chi connectivity index (χ0v) is 15.4. The molecule has 0 aliphatic heterocycles. The van der Waals surface area contributed by atoms with Crippen LogP contribution in [0.25, 0.3) is 0 Å². The van der Waals surface area contributed by atoms with Crippen LogP contribution in [0, 0.1) is 6.92 Å². The van der Waals surface area contributed by atoms with Gasteiger partial charge in [-0.05, 0) is 42.6 Å². The Morgan fingerprint density at radius 1 is 1.00 bits per heavy atom. The van der Waals surface area contributed by atoms with Crippen LogP contribution in [0.15, 0.2) is 70.9 Å². The summed E-state index contributed by atoms with van der Waals surface area (Å²) < 4.78 is 33.5. The Morgan fingerprint density at radius 2 is 1.76 bits per heavy atom. The maximum Gasteiger partial charge on any atom is 0.262 e. The van der Waals surface area contributed by atoms with Crippen molar-refractivity contribution in [2.24, 2.45) is 0 Å². The third-order valence-electron chi connectivity index (χ3n) is 3.65. The summed E-state index contributed by atoms with van der Waals surface area (Å²) >= 11 is 1.68. The number of sulfonamides is 1. The Hall–Kier alpha value is -2.31. The van der Waals surface area contributed by atoms with Crippen molar-refractivity contribution in [2.75, 3.05) is 11.3 Å². The van der Waals surface area contributed by atoms with E-state index in [-0.39, 0.29) is 4.90 Å². The maximum absolute atomic E-state index is 12.6. The Bertz CT molecular complexity index is 918. The quantitative estimate of drug-likeness (QED) is 0.664. The second-order valence-corrected chi connectivity index (χ2v) is 8.31. The molecule has 4 nitrogen and oxygen atoms in total. The van der Waals surface area contributed by atoms with Crippen molar-refractivity contribution in [2.45, 2.75) is 18.2 Å². The Kier molecular flexibility index (Phi) is 5.40. The summed E-state index contributed by atoms with van der Waals surface area (Å²) in [5, 5.41) is 2.03. The first-order chi connectivity index (χ1) is 12.0. The van der Waals surface area contributed by atoms with Gasteiger partial charge in [0.2, 0.25) is 0 Å². The van der Waals surface area contributed by atoms with Gasteiger partial charge in [-0.2, -0.15) is 0 Å². The molecule has 130 valence electrons. The largest absolute Gasteiger partial charge is 0.491 e. The molecule has 0 aliphatic rings. The molecule has 0 spiro atoms. The smallest absolute Gasteiger partial charge is 0.262 e. The van der Waals surface area contributed by atoms with Crippen LogP contribution < -0.4 is 9.46 Å². The SMILES string of the molecule is Cc1ccc(S(=O)(=O)Nc2ccccc2OCCc2cccs2)cc1. The highest BCUT2D eigenvalue weighted by Gasteiger charge is 2.16. The molecule has 0 bridgehead atoms. The van der Waals surface area contributed by atoms with Gasteiger partial charge in [0, 0.05) is 11.3 Å². The summed E-state index contributed by atoms with van der Waals surface area (Å²) in [6.45, 7) is 2.41. The fraction of sp³-hybridized carbons (Fsp3) is 0.158. The van der Waals surface area contributed by atoms with Gasteiger partial charge in [0.05, 0.1) is 17.2 Å². The van der Waals surface area contributed by atoms with Gasteiger partial charge in [-0.15, -0.1) is 11.3 Å². The van der Waals surface area contributed by atoms with E-state index in [0.717, 1.165) is 12.0 Å². The monoisotopic (exact) mass is 373 g/mol. The highest BCUT2D eigenvalue weighted by Crippen LogP contribution is 2.27. The van der Waals surface area contributed by atoms with E-state index in [0.29, 0.717) is 18.0 Å². The average molecular weight is 373 g/mol. The van der Waals surface area contributed by atoms with Crippen molar-refractivity contribution in [3.8, 4) is 5.75 Å². The molecule has 0 fully saturated rings. The van der Waals surface area contributed by atoms with Crippen LogP contribution in [-0.4, -0.2) is 15.0 Å². The molecule has 3 aromatic rings. The molecule has 0 saturated carbocycles. The zero-order valence-electron chi connectivity index (χ0n) is 13.8. The molecule has 0 aliphatic carbocycles. The number of nitrogens with one attached hydrogen (secondary N) is 1. The number of thiophene rings is 1. The van der Waals surface area contributed by atoms with Gasteiger partial charge in [0.25, 0.3) is 10.0 Å². The molecule has 1 aromatic heterocycles. The average Bonchev–Trinajstić information content (AvgIpc) is 3.10. The third kappa shape index (κ3) is 4.61. The van der Waals surface area contributed by atoms with E-state index in [2.05, 4.69) is 10.8 Å². The van der Waals surface area contributed by atoms with E-state index in [1.54, 1.807) is 53.8 Å². The normalized spacial score (nSPS) is 11.2. The zero-order chi connectivity index (χ0) is 17.7. The van der Waals surface area contributed by atoms with Crippen molar-refractivity contribution in [3.63, 3.8) is 0 Å². The number of hydrogen-bond acceptors (Lipinski definition) is 4. The predicted molar refractivity (Wildman–Crippen MR) is 102 cm³/mol. The lowest BCUT2D eigenvalue weighted by atomic mass is 10.2. The lowest BCUT2D eigenvalue weighted by molar-refractivity contribution is 0.324. The van der Waals surface area contributed by atoms with Crippen LogP contribution in [0.4, 0.5) is 5.69 Å². The highest BCUT2D eigenvalue weighted by molar-refractivity contribution is 7.92. The van der Waals surface area contributed by atoms with E-state index < -0.39 is 10.0 Å². The highest BCUT2D eigenvalue weighted by atomic mass is 32.2. The second-order valence-electron chi connectivity index (χ2n) is 5.59. The van der Waals surface area contributed by atoms with Gasteiger partial charge in [-0.25, -0.2) is 8.42 Å². The first kappa shape index (κ1) is 17.5. The fourth-order valence-corrected chi connectivity index (χ4v) is 4.07. The van der Waals surface area contributed by atoms with Crippen LogP contribution >= 0.6 is 11.3 Å². The number of aryl methyl sites for hydroxylation is 1. The van der Waals surface area contributed by atoms with Crippen molar-refractivity contribution >= 4 is 27.0 Å². The van der Waals surface area contributed by atoms with Gasteiger partial charge in [-0.1, -0.05) is 35.9 Å². The van der Waals surface area contributed by atoms with E-state index in [9.17, 15) is 8.42 Å². The molecular formula is C19H19NO3S2. The van der Waals surface area contributed by atoms with Crippen LogP contribution in [0.5, 0.6) is 5.75 Å². The van der Waals surface area contributed by atoms with Gasteiger partial charge >= 0.3 is 0 Å². The first-order valence-corrected chi connectivity index (χ1v) is 10.2. The van der Waals surface area contributed by atoms with Crippen molar-refractivity contribution in [3.05, 3.63) is 76.5 Å². The second kappa shape index (κ2) is 7.72. The molecule has 3 rings (SSSR count). The summed E-state index contributed by atoms with van der Waals surface area (Å²) in [5.74, 6) is 0.523. The number of anilines is 1. The standard InChI is InChI=1S/C19H19NO3S2/c1-15-8-10-17(11-9-15)25(21,22)20-18-6-2-3-7-19(18)23-13-12-16-5-4-14-24-16/h2-11,14,20H,12-13H2,1H3. The van der Waals surface area contributed by atoms with Crippen LogP contribution in [-0.2, 0) is 16.4 Å². The molecule has 0 amide bonds. The molecule has 0 saturated heterocycles. The molecule has 2 aromatic carbocycles. The van der Waals surface area contributed by atoms with Gasteiger partial charge in [0.15, 0.2) is 0 Å². The van der Waals surface area contributed by atoms with Crippen molar-refractivity contribution in [1.82, 2.24) is 0 Å². The van der Waals surface area contributed by atoms with E-state index in [1.807, 2.05) is 24.4 Å². The molecule has 25 heavy (non-hydrogen) atoms. The van der Waals surface area contributed by atoms with Gasteiger partial charge in [-0.3, -0.25) is 4.72 Å². The molecule has 1 heterocycles. The molecule has 0 atom stereocenters. The summed E-state index contributed by atoms with van der Waals surface area (Å²) in [6.07, 6.45) is 0.788. The number of para-hydroxylation sites is 2. The summed E-state index contributed by atoms with van der Waals surface area (Å²) in [6, 6.07) is 17.9. The number of rotatable bonds is 7. The third-order valence-corrected chi connectivity index (χ3v) is 5.97. The summed E-state index contributed by atoms with van der Waals surface area (Å²) in [5.41, 5.74) is 1.45. The van der Waals surface area contributed by atoms with Crippen LogP contribution in [0.1, 0.15) is 10.4 Å². The topological polar surface area (TPSA) is 55.4 Å². The maximum atomic E-state index is 12.6. The Balaban J connectivity index is 1.72. The minimum absolute atomic E-state index is 0.228. The number of ether oxygens (including phenoxy) is 1. The van der Waals surface area contributed by atoms with Crippen LogP contribution in [0.3, 0.4) is 0 Å². The number of hydrogen-bond donors (Lipinski definition) is 1. The Labute approximate surface area is 152 Å². The lowest BCUT2D eigenvalue weighted by Crippen LogP contribution is -2.14. The van der Waals surface area contributed by atoms with Crippen LogP contribution in [0.2, 0.25) is 0 Å². The van der Waals surface area contributed by atoms with Crippen molar-refractivity contribution in [1.29, 1.82) is 0 Å². The Morgan fingerprint density at radius 3 is 2.48 bits per heavy atom. The van der Waals surface area contributed by atoms with Gasteiger partial charge in [0.1, 0.15) is 5.75 Å². The molecule has 0 radical (unpaired) electrons. The molecular weight excluding hydrogens is 354 g/mol. The predicted octanol–water partition coefficient (Wildman–Crippen LogP) is 4.48. The minimum Gasteiger partial charge on any atom is -0.491 e. The molecule has 1 N–H and O–H groups in total. The summed E-state index contributed by atoms with van der Waals surface area (Å²) in [7, 11) is -3.65. The van der Waals surface area contributed by atoms with E-state index >= 15 is 0 Å². The fourth-order valence-electron chi connectivity index (χ4n) is 2.31. The molecule has 6 heteroatoms. The minimum atomic E-state index is -3.65. The van der Waals surface area contributed by atoms with Crippen molar-refractivity contribution < 1.29 is 13.2 Å². The summed E-state index contributed by atoms with van der Waals surface area (Å²) in [4.78, 5) is 1.46. The molecule has 0 unspecified atom stereocenters. The van der Waals surface area contributed by atoms with E-state index in [1.165, 1.54) is 4.88 Å². The first-order valence-electron chi connectivity index (χ1n) is 7.88. The van der Waals surface area contributed by atoms with E-state index in [4.69, 9.17) is 4.74 Å².